The van der Waals surface area contributed by atoms with E-state index in [2.05, 4.69) is 5.32 Å². The van der Waals surface area contributed by atoms with Crippen molar-refractivity contribution in [2.45, 2.75) is 19.5 Å². The van der Waals surface area contributed by atoms with Gasteiger partial charge in [0.1, 0.15) is 5.75 Å². The van der Waals surface area contributed by atoms with E-state index < -0.39 is 23.6 Å². The predicted molar refractivity (Wildman–Crippen MR) is 99.0 cm³/mol. The van der Waals surface area contributed by atoms with Crippen molar-refractivity contribution in [3.63, 3.8) is 0 Å². The molecule has 2 rings (SSSR count). The van der Waals surface area contributed by atoms with Crippen LogP contribution in [0.2, 0.25) is 0 Å². The molecule has 8 heteroatoms. The summed E-state index contributed by atoms with van der Waals surface area (Å²) in [4.78, 5) is 12.5. The topological polar surface area (TPSA) is 56.8 Å². The van der Waals surface area contributed by atoms with Gasteiger partial charge in [0.2, 0.25) is 5.91 Å². The first-order valence-electron chi connectivity index (χ1n) is 8.46. The summed E-state index contributed by atoms with van der Waals surface area (Å²) in [6, 6.07) is 8.23. The largest absolute Gasteiger partial charge is 0.495 e. The van der Waals surface area contributed by atoms with Gasteiger partial charge in [-0.25, -0.2) is 0 Å². The molecule has 2 aromatic rings. The standard InChI is InChI=1S/C20H22F3NO4/c1-12(9-13-5-7-17(27-3)18(10-13)28-4)19(25)24-15-11-14(20(21,22)23)6-8-16(15)26-2/h5-8,10-12H,9H2,1-4H3,(H,24,25). The van der Waals surface area contributed by atoms with E-state index >= 15 is 0 Å². The highest BCUT2D eigenvalue weighted by Gasteiger charge is 2.31. The van der Waals surface area contributed by atoms with E-state index in [-0.39, 0.29) is 11.4 Å². The van der Waals surface area contributed by atoms with Crippen LogP contribution < -0.4 is 19.5 Å². The Morgan fingerprint density at radius 1 is 0.964 bits per heavy atom. The lowest BCUT2D eigenvalue weighted by Gasteiger charge is -2.17. The van der Waals surface area contributed by atoms with Crippen LogP contribution in [0.5, 0.6) is 17.2 Å². The molecule has 1 unspecified atom stereocenters. The van der Waals surface area contributed by atoms with Gasteiger partial charge in [-0.2, -0.15) is 13.2 Å². The van der Waals surface area contributed by atoms with Gasteiger partial charge in [0.05, 0.1) is 32.6 Å². The van der Waals surface area contributed by atoms with Crippen LogP contribution in [-0.2, 0) is 17.4 Å². The van der Waals surface area contributed by atoms with E-state index in [1.807, 2.05) is 0 Å². The molecule has 0 aliphatic rings. The van der Waals surface area contributed by atoms with Gasteiger partial charge in [-0.05, 0) is 42.3 Å². The number of amides is 1. The molecule has 0 aliphatic heterocycles. The van der Waals surface area contributed by atoms with Gasteiger partial charge >= 0.3 is 6.18 Å². The number of ether oxygens (including phenoxy) is 3. The molecule has 0 saturated carbocycles. The summed E-state index contributed by atoms with van der Waals surface area (Å²) in [6.45, 7) is 1.69. The van der Waals surface area contributed by atoms with Crippen molar-refractivity contribution in [2.24, 2.45) is 5.92 Å². The number of anilines is 1. The van der Waals surface area contributed by atoms with Crippen molar-refractivity contribution in [1.29, 1.82) is 0 Å². The van der Waals surface area contributed by atoms with Crippen LogP contribution in [0.25, 0.3) is 0 Å². The van der Waals surface area contributed by atoms with Crippen LogP contribution in [0.1, 0.15) is 18.1 Å². The predicted octanol–water partition coefficient (Wildman–Crippen LogP) is 4.55. The van der Waals surface area contributed by atoms with Gasteiger partial charge in [0.15, 0.2) is 11.5 Å². The maximum absolute atomic E-state index is 12.9. The second-order valence-corrected chi connectivity index (χ2v) is 6.20. The minimum atomic E-state index is -4.52. The number of carbonyl (C=O) groups is 1. The second kappa shape index (κ2) is 8.86. The zero-order valence-electron chi connectivity index (χ0n) is 16.0. The number of rotatable bonds is 7. The highest BCUT2D eigenvalue weighted by Crippen LogP contribution is 2.35. The molecular weight excluding hydrogens is 375 g/mol. The third-order valence-corrected chi connectivity index (χ3v) is 4.22. The number of nitrogens with one attached hydrogen (secondary N) is 1. The summed E-state index contributed by atoms with van der Waals surface area (Å²) in [5.74, 6) is 0.327. The SMILES string of the molecule is COc1ccc(C(F)(F)F)cc1NC(=O)C(C)Cc1ccc(OC)c(OC)c1. The fourth-order valence-electron chi connectivity index (χ4n) is 2.69. The van der Waals surface area contributed by atoms with Crippen molar-refractivity contribution < 1.29 is 32.2 Å². The van der Waals surface area contributed by atoms with Gasteiger partial charge in [-0.1, -0.05) is 13.0 Å². The molecule has 0 spiro atoms. The third-order valence-electron chi connectivity index (χ3n) is 4.22. The third kappa shape index (κ3) is 5.09. The van der Waals surface area contributed by atoms with Crippen LogP contribution in [0.3, 0.4) is 0 Å². The summed E-state index contributed by atoms with van der Waals surface area (Å²) in [5, 5.41) is 2.53. The number of benzene rings is 2. The first kappa shape index (κ1) is 21.4. The summed E-state index contributed by atoms with van der Waals surface area (Å²) in [5.41, 5.74) is -0.0612. The van der Waals surface area contributed by atoms with E-state index in [0.29, 0.717) is 17.9 Å². The maximum atomic E-state index is 12.9. The van der Waals surface area contributed by atoms with Crippen LogP contribution in [0.15, 0.2) is 36.4 Å². The molecule has 1 atom stereocenters. The van der Waals surface area contributed by atoms with Crippen molar-refractivity contribution in [3.05, 3.63) is 47.5 Å². The molecule has 0 fully saturated rings. The minimum Gasteiger partial charge on any atom is -0.495 e. The number of carbonyl (C=O) groups excluding carboxylic acids is 1. The fraction of sp³-hybridized carbons (Fsp3) is 0.350. The lowest BCUT2D eigenvalue weighted by molar-refractivity contribution is -0.137. The van der Waals surface area contributed by atoms with Gasteiger partial charge in [0, 0.05) is 5.92 Å². The molecular formula is C20H22F3NO4. The van der Waals surface area contributed by atoms with Crippen molar-refractivity contribution in [3.8, 4) is 17.2 Å². The monoisotopic (exact) mass is 397 g/mol. The summed E-state index contributed by atoms with van der Waals surface area (Å²) < 4.78 is 54.3. The van der Waals surface area contributed by atoms with Gasteiger partial charge in [-0.15, -0.1) is 0 Å². The van der Waals surface area contributed by atoms with E-state index in [4.69, 9.17) is 14.2 Å². The Bertz CT molecular complexity index is 837. The molecule has 1 amide bonds. The van der Waals surface area contributed by atoms with Crippen molar-refractivity contribution in [1.82, 2.24) is 0 Å². The smallest absolute Gasteiger partial charge is 0.416 e. The first-order valence-corrected chi connectivity index (χ1v) is 8.46. The van der Waals surface area contributed by atoms with Gasteiger partial charge in [-0.3, -0.25) is 4.79 Å². The van der Waals surface area contributed by atoms with E-state index in [1.165, 1.54) is 27.4 Å². The van der Waals surface area contributed by atoms with Crippen LogP contribution in [0, 0.1) is 5.92 Å². The first-order chi connectivity index (χ1) is 13.2. The molecule has 0 aromatic heterocycles. The molecule has 28 heavy (non-hydrogen) atoms. The molecule has 0 radical (unpaired) electrons. The van der Waals surface area contributed by atoms with E-state index in [9.17, 15) is 18.0 Å². The quantitative estimate of drug-likeness (QED) is 0.745. The van der Waals surface area contributed by atoms with Crippen LogP contribution >= 0.6 is 0 Å². The summed E-state index contributed by atoms with van der Waals surface area (Å²) in [7, 11) is 4.36. The Hall–Kier alpha value is -2.90. The molecule has 5 nitrogen and oxygen atoms in total. The number of alkyl halides is 3. The average Bonchev–Trinajstić information content (AvgIpc) is 2.66. The number of hydrogen-bond acceptors (Lipinski definition) is 4. The normalized spacial score (nSPS) is 12.2. The highest BCUT2D eigenvalue weighted by molar-refractivity contribution is 5.94. The number of halogens is 3. The minimum absolute atomic E-state index is 0.0264. The van der Waals surface area contributed by atoms with Crippen LogP contribution in [-0.4, -0.2) is 27.2 Å². The summed E-state index contributed by atoms with van der Waals surface area (Å²) in [6.07, 6.45) is -4.15. The summed E-state index contributed by atoms with van der Waals surface area (Å²) >= 11 is 0. The Morgan fingerprint density at radius 3 is 2.14 bits per heavy atom. The van der Waals surface area contributed by atoms with Crippen molar-refractivity contribution in [2.75, 3.05) is 26.6 Å². The Morgan fingerprint density at radius 2 is 1.57 bits per heavy atom. The molecule has 0 aliphatic carbocycles. The maximum Gasteiger partial charge on any atom is 0.416 e. The van der Waals surface area contributed by atoms with Crippen molar-refractivity contribution >= 4 is 11.6 Å². The lowest BCUT2D eigenvalue weighted by Crippen LogP contribution is -2.23. The number of methoxy groups -OCH3 is 3. The highest BCUT2D eigenvalue weighted by atomic mass is 19.4. The molecule has 2 aromatic carbocycles. The Labute approximate surface area is 161 Å². The lowest BCUT2D eigenvalue weighted by atomic mass is 9.99. The van der Waals surface area contributed by atoms with Gasteiger partial charge < -0.3 is 19.5 Å². The molecule has 0 bridgehead atoms. The second-order valence-electron chi connectivity index (χ2n) is 6.20. The molecule has 0 heterocycles. The van der Waals surface area contributed by atoms with Crippen LogP contribution in [0.4, 0.5) is 18.9 Å². The Kier molecular flexibility index (Phi) is 6.77. The molecule has 1 N–H and O–H groups in total. The molecule has 0 saturated heterocycles. The van der Waals surface area contributed by atoms with E-state index in [1.54, 1.807) is 25.1 Å². The number of hydrogen-bond donors (Lipinski definition) is 1. The van der Waals surface area contributed by atoms with Gasteiger partial charge in [0.25, 0.3) is 0 Å². The fourth-order valence-corrected chi connectivity index (χ4v) is 2.69. The Balaban J connectivity index is 2.16. The average molecular weight is 397 g/mol. The zero-order valence-corrected chi connectivity index (χ0v) is 16.0. The zero-order chi connectivity index (χ0) is 20.9. The molecule has 152 valence electrons. The van der Waals surface area contributed by atoms with E-state index in [0.717, 1.165) is 17.7 Å².